The molecule has 0 aliphatic carbocycles. The molecule has 4 heteroatoms. The molecule has 0 fully saturated rings. The largest absolute Gasteiger partial charge is 0.506 e. The SMILES string of the molecule is CC(C)(C#N)CNCc1ccc(O)cn1. The lowest BCUT2D eigenvalue weighted by molar-refractivity contribution is 0.442. The molecule has 0 amide bonds. The highest BCUT2D eigenvalue weighted by molar-refractivity contribution is 5.17. The van der Waals surface area contributed by atoms with Gasteiger partial charge in [-0.3, -0.25) is 4.98 Å². The average Bonchev–Trinajstić information content (AvgIpc) is 2.21. The van der Waals surface area contributed by atoms with Gasteiger partial charge in [-0.25, -0.2) is 0 Å². The van der Waals surface area contributed by atoms with Gasteiger partial charge < -0.3 is 10.4 Å². The van der Waals surface area contributed by atoms with Crippen molar-refractivity contribution in [2.45, 2.75) is 20.4 Å². The fourth-order valence-electron chi connectivity index (χ4n) is 1.06. The zero-order chi connectivity index (χ0) is 11.3. The molecule has 1 aromatic rings. The van der Waals surface area contributed by atoms with Gasteiger partial charge in [0.15, 0.2) is 0 Å². The topological polar surface area (TPSA) is 68.9 Å². The van der Waals surface area contributed by atoms with Gasteiger partial charge in [-0.1, -0.05) is 0 Å². The standard InChI is InChI=1S/C11H15N3O/c1-11(2,7-12)8-13-5-9-3-4-10(15)6-14-9/h3-4,6,13,15H,5,8H2,1-2H3. The van der Waals surface area contributed by atoms with Gasteiger partial charge in [0.05, 0.1) is 23.4 Å². The van der Waals surface area contributed by atoms with Crippen LogP contribution in [0.2, 0.25) is 0 Å². The first kappa shape index (κ1) is 11.5. The Kier molecular flexibility index (Phi) is 3.64. The molecule has 0 spiro atoms. The van der Waals surface area contributed by atoms with E-state index in [4.69, 9.17) is 10.4 Å². The predicted molar refractivity (Wildman–Crippen MR) is 57.0 cm³/mol. The Balaban J connectivity index is 2.39. The van der Waals surface area contributed by atoms with Crippen molar-refractivity contribution in [1.29, 1.82) is 5.26 Å². The van der Waals surface area contributed by atoms with Crippen LogP contribution in [0.4, 0.5) is 0 Å². The summed E-state index contributed by atoms with van der Waals surface area (Å²) < 4.78 is 0. The predicted octanol–water partition coefficient (Wildman–Crippen LogP) is 1.43. The van der Waals surface area contributed by atoms with E-state index in [9.17, 15) is 0 Å². The van der Waals surface area contributed by atoms with E-state index in [1.54, 1.807) is 12.1 Å². The third-order valence-corrected chi connectivity index (χ3v) is 1.98. The molecule has 0 atom stereocenters. The number of hydrogen-bond acceptors (Lipinski definition) is 4. The minimum atomic E-state index is -0.364. The van der Waals surface area contributed by atoms with E-state index in [1.165, 1.54) is 6.20 Å². The fourth-order valence-corrected chi connectivity index (χ4v) is 1.06. The van der Waals surface area contributed by atoms with Crippen molar-refractivity contribution < 1.29 is 5.11 Å². The normalized spacial score (nSPS) is 11.0. The summed E-state index contributed by atoms with van der Waals surface area (Å²) in [7, 11) is 0. The van der Waals surface area contributed by atoms with Gasteiger partial charge in [0.25, 0.3) is 0 Å². The Labute approximate surface area is 89.6 Å². The first-order valence-corrected chi connectivity index (χ1v) is 4.79. The lowest BCUT2D eigenvalue weighted by atomic mass is 9.96. The van der Waals surface area contributed by atoms with Crippen molar-refractivity contribution in [3.63, 3.8) is 0 Å². The summed E-state index contributed by atoms with van der Waals surface area (Å²) in [4.78, 5) is 4.03. The molecule has 0 unspecified atom stereocenters. The van der Waals surface area contributed by atoms with Crippen LogP contribution in [-0.2, 0) is 6.54 Å². The molecule has 2 N–H and O–H groups in total. The van der Waals surface area contributed by atoms with Crippen molar-refractivity contribution in [2.24, 2.45) is 5.41 Å². The summed E-state index contributed by atoms with van der Waals surface area (Å²) in [6.07, 6.45) is 1.41. The van der Waals surface area contributed by atoms with E-state index in [2.05, 4.69) is 16.4 Å². The molecular formula is C11H15N3O. The molecule has 15 heavy (non-hydrogen) atoms. The molecule has 0 aromatic carbocycles. The maximum atomic E-state index is 9.02. The quantitative estimate of drug-likeness (QED) is 0.780. The monoisotopic (exact) mass is 205 g/mol. The lowest BCUT2D eigenvalue weighted by Gasteiger charge is -2.15. The molecule has 0 saturated heterocycles. The van der Waals surface area contributed by atoms with E-state index in [1.807, 2.05) is 13.8 Å². The Morgan fingerprint density at radius 1 is 1.53 bits per heavy atom. The van der Waals surface area contributed by atoms with Crippen LogP contribution >= 0.6 is 0 Å². The summed E-state index contributed by atoms with van der Waals surface area (Å²) in [5, 5.41) is 21.0. The second-order valence-electron chi connectivity index (χ2n) is 4.11. The first-order chi connectivity index (χ1) is 7.03. The molecule has 0 saturated carbocycles. The van der Waals surface area contributed by atoms with Crippen LogP contribution in [0.5, 0.6) is 5.75 Å². The summed E-state index contributed by atoms with van der Waals surface area (Å²) in [5.41, 5.74) is 0.484. The highest BCUT2D eigenvalue weighted by atomic mass is 16.3. The molecule has 0 radical (unpaired) electrons. The number of nitrogens with one attached hydrogen (secondary N) is 1. The molecule has 80 valence electrons. The number of pyridine rings is 1. The Morgan fingerprint density at radius 2 is 2.27 bits per heavy atom. The van der Waals surface area contributed by atoms with Gasteiger partial charge >= 0.3 is 0 Å². The highest BCUT2D eigenvalue weighted by Gasteiger charge is 2.15. The second-order valence-corrected chi connectivity index (χ2v) is 4.11. The van der Waals surface area contributed by atoms with E-state index in [0.717, 1.165) is 5.69 Å². The van der Waals surface area contributed by atoms with Crippen LogP contribution in [-0.4, -0.2) is 16.6 Å². The summed E-state index contributed by atoms with van der Waals surface area (Å²) in [6, 6.07) is 5.56. The van der Waals surface area contributed by atoms with Crippen molar-refractivity contribution in [3.05, 3.63) is 24.0 Å². The summed E-state index contributed by atoms with van der Waals surface area (Å²) in [6.45, 7) is 4.98. The third kappa shape index (κ3) is 3.96. The van der Waals surface area contributed by atoms with E-state index < -0.39 is 0 Å². The lowest BCUT2D eigenvalue weighted by Crippen LogP contribution is -2.27. The summed E-state index contributed by atoms with van der Waals surface area (Å²) in [5.74, 6) is 0.163. The smallest absolute Gasteiger partial charge is 0.133 e. The molecule has 1 rings (SSSR count). The number of aromatic nitrogens is 1. The summed E-state index contributed by atoms with van der Waals surface area (Å²) >= 11 is 0. The van der Waals surface area contributed by atoms with Crippen molar-refractivity contribution in [1.82, 2.24) is 10.3 Å². The van der Waals surface area contributed by atoms with Crippen molar-refractivity contribution in [3.8, 4) is 11.8 Å². The molecule has 1 heterocycles. The molecular weight excluding hydrogens is 190 g/mol. The van der Waals surface area contributed by atoms with Gasteiger partial charge in [-0.2, -0.15) is 5.26 Å². The maximum Gasteiger partial charge on any atom is 0.133 e. The Bertz CT molecular complexity index is 351. The highest BCUT2D eigenvalue weighted by Crippen LogP contribution is 2.11. The number of aromatic hydroxyl groups is 1. The minimum Gasteiger partial charge on any atom is -0.506 e. The van der Waals surface area contributed by atoms with E-state index in [0.29, 0.717) is 13.1 Å². The van der Waals surface area contributed by atoms with Gasteiger partial charge in [-0.05, 0) is 26.0 Å². The van der Waals surface area contributed by atoms with Crippen molar-refractivity contribution in [2.75, 3.05) is 6.54 Å². The van der Waals surface area contributed by atoms with Gasteiger partial charge in [0.1, 0.15) is 5.75 Å². The first-order valence-electron chi connectivity index (χ1n) is 4.79. The Morgan fingerprint density at radius 3 is 2.80 bits per heavy atom. The van der Waals surface area contributed by atoms with E-state index >= 15 is 0 Å². The van der Waals surface area contributed by atoms with Crippen molar-refractivity contribution >= 4 is 0 Å². The van der Waals surface area contributed by atoms with Gasteiger partial charge in [-0.15, -0.1) is 0 Å². The minimum absolute atomic E-state index is 0.163. The van der Waals surface area contributed by atoms with E-state index in [-0.39, 0.29) is 11.2 Å². The molecule has 1 aromatic heterocycles. The average molecular weight is 205 g/mol. The van der Waals surface area contributed by atoms with Gasteiger partial charge in [0.2, 0.25) is 0 Å². The van der Waals surface area contributed by atoms with Gasteiger partial charge in [0, 0.05) is 13.1 Å². The van der Waals surface area contributed by atoms with Crippen LogP contribution in [0.1, 0.15) is 19.5 Å². The second kappa shape index (κ2) is 4.76. The number of rotatable bonds is 4. The Hall–Kier alpha value is -1.60. The zero-order valence-electron chi connectivity index (χ0n) is 8.99. The fraction of sp³-hybridized carbons (Fsp3) is 0.455. The number of hydrogen-bond donors (Lipinski definition) is 2. The van der Waals surface area contributed by atoms with Crippen LogP contribution in [0.15, 0.2) is 18.3 Å². The molecule has 0 aliphatic rings. The van der Waals surface area contributed by atoms with Crippen LogP contribution < -0.4 is 5.32 Å². The van der Waals surface area contributed by atoms with Crippen LogP contribution in [0.3, 0.4) is 0 Å². The van der Waals surface area contributed by atoms with Crippen LogP contribution in [0.25, 0.3) is 0 Å². The zero-order valence-corrected chi connectivity index (χ0v) is 8.99. The maximum absolute atomic E-state index is 9.02. The molecule has 0 aliphatic heterocycles. The molecule has 4 nitrogen and oxygen atoms in total. The number of nitriles is 1. The third-order valence-electron chi connectivity index (χ3n) is 1.98. The molecule has 0 bridgehead atoms. The van der Waals surface area contributed by atoms with Crippen LogP contribution in [0, 0.1) is 16.7 Å². The number of nitrogens with zero attached hydrogens (tertiary/aromatic N) is 2.